The fourth-order valence-corrected chi connectivity index (χ4v) is 8.65. The summed E-state index contributed by atoms with van der Waals surface area (Å²) in [5.74, 6) is 0. The smallest absolute Gasteiger partial charge is 0.0361 e. The normalized spacial score (nSPS) is 11.8. The Morgan fingerprint density at radius 1 is 0.388 bits per heavy atom. The van der Waals surface area contributed by atoms with Crippen LogP contribution in [0.15, 0.2) is 152 Å². The number of hydrogen-bond acceptors (Lipinski definition) is 1. The van der Waals surface area contributed by atoms with Gasteiger partial charge in [0.2, 0.25) is 0 Å². The highest BCUT2D eigenvalue weighted by atomic mass is 32.1. The predicted octanol–water partition coefficient (Wildman–Crippen LogP) is 14.8. The molecular formula is C48H40S. The lowest BCUT2D eigenvalue weighted by Gasteiger charge is -2.21. The minimum absolute atomic E-state index is 0.120. The molecule has 0 saturated carbocycles. The molecule has 0 aliphatic heterocycles. The van der Waals surface area contributed by atoms with Crippen LogP contribution in [0.5, 0.6) is 0 Å². The number of rotatable bonds is 3. The van der Waals surface area contributed by atoms with Gasteiger partial charge in [-0.15, -0.1) is 11.3 Å². The van der Waals surface area contributed by atoms with E-state index in [1.54, 1.807) is 0 Å². The third-order valence-corrected chi connectivity index (χ3v) is 10.9. The number of hydrogen-bond donors (Lipinski definition) is 0. The highest BCUT2D eigenvalue weighted by Gasteiger charge is 2.19. The first kappa shape index (κ1) is 31.1. The molecule has 0 spiro atoms. The molecule has 238 valence electrons. The van der Waals surface area contributed by atoms with Crippen molar-refractivity contribution in [3.05, 3.63) is 157 Å². The molecule has 0 saturated heterocycles. The van der Waals surface area contributed by atoms with Gasteiger partial charge < -0.3 is 0 Å². The Labute approximate surface area is 293 Å². The number of thiophene rings is 1. The van der Waals surface area contributed by atoms with Gasteiger partial charge in [0.15, 0.2) is 0 Å². The van der Waals surface area contributed by atoms with Gasteiger partial charge in [0.25, 0.3) is 0 Å². The molecule has 1 aromatic heterocycles. The van der Waals surface area contributed by atoms with E-state index in [1.807, 2.05) is 25.2 Å². The van der Waals surface area contributed by atoms with Gasteiger partial charge in [0.1, 0.15) is 0 Å². The van der Waals surface area contributed by atoms with Crippen LogP contribution in [0.4, 0.5) is 0 Å². The Morgan fingerprint density at radius 3 is 1.41 bits per heavy atom. The largest absolute Gasteiger partial charge is 0.135 e. The van der Waals surface area contributed by atoms with Gasteiger partial charge in [0.05, 0.1) is 0 Å². The first-order chi connectivity index (χ1) is 23.9. The highest BCUT2D eigenvalue weighted by Crippen LogP contribution is 2.46. The summed E-state index contributed by atoms with van der Waals surface area (Å²) in [4.78, 5) is 0. The van der Waals surface area contributed by atoms with Crippen LogP contribution in [0, 0.1) is 0 Å². The Bertz CT molecular complexity index is 2580. The molecule has 8 aromatic carbocycles. The van der Waals surface area contributed by atoms with Gasteiger partial charge >= 0.3 is 0 Å². The fourth-order valence-electron chi connectivity index (χ4n) is 7.46. The van der Waals surface area contributed by atoms with Crippen LogP contribution in [0.25, 0.3) is 85.9 Å². The van der Waals surface area contributed by atoms with E-state index in [0.29, 0.717) is 0 Å². The third-order valence-electron chi connectivity index (χ3n) is 9.83. The Morgan fingerprint density at radius 2 is 0.837 bits per heavy atom. The molecule has 0 N–H and O–H groups in total. The minimum Gasteiger partial charge on any atom is -0.135 e. The monoisotopic (exact) mass is 648 g/mol. The molecule has 0 fully saturated rings. The van der Waals surface area contributed by atoms with Crippen molar-refractivity contribution in [3.63, 3.8) is 0 Å². The maximum absolute atomic E-state index is 2.42. The summed E-state index contributed by atoms with van der Waals surface area (Å²) >= 11 is 1.90. The number of fused-ring (bicyclic) bond motifs is 6. The van der Waals surface area contributed by atoms with Crippen molar-refractivity contribution in [1.82, 2.24) is 0 Å². The van der Waals surface area contributed by atoms with Crippen LogP contribution in [0.1, 0.15) is 40.2 Å². The second kappa shape index (κ2) is 12.3. The van der Waals surface area contributed by atoms with Gasteiger partial charge in [-0.05, 0) is 88.8 Å². The summed E-state index contributed by atoms with van der Waals surface area (Å²) < 4.78 is 2.65. The van der Waals surface area contributed by atoms with Gasteiger partial charge in [-0.2, -0.15) is 0 Å². The first-order valence-corrected chi connectivity index (χ1v) is 18.2. The summed E-state index contributed by atoms with van der Waals surface area (Å²) in [6, 6.07) is 56.5. The lowest BCUT2D eigenvalue weighted by atomic mass is 9.83. The zero-order valence-electron chi connectivity index (χ0n) is 28.8. The average molecular weight is 649 g/mol. The van der Waals surface area contributed by atoms with Crippen LogP contribution in [0.3, 0.4) is 0 Å². The molecule has 0 radical (unpaired) electrons. The molecule has 0 bridgehead atoms. The van der Waals surface area contributed by atoms with Crippen molar-refractivity contribution in [2.75, 3.05) is 0 Å². The van der Waals surface area contributed by atoms with Crippen LogP contribution in [0.2, 0.25) is 0 Å². The first-order valence-electron chi connectivity index (χ1n) is 17.4. The molecule has 9 aromatic rings. The molecule has 0 unspecified atom stereocenters. The van der Waals surface area contributed by atoms with Crippen LogP contribution >= 0.6 is 11.3 Å². The summed E-state index contributed by atoms with van der Waals surface area (Å²) in [6.07, 6.45) is 0. The zero-order valence-corrected chi connectivity index (χ0v) is 29.7. The Kier molecular flexibility index (Phi) is 7.82. The van der Waals surface area contributed by atoms with Crippen molar-refractivity contribution < 1.29 is 0 Å². The molecule has 0 amide bonds. The van der Waals surface area contributed by atoms with Crippen molar-refractivity contribution in [2.24, 2.45) is 0 Å². The van der Waals surface area contributed by atoms with E-state index in [-0.39, 0.29) is 5.41 Å². The molecule has 1 heteroatoms. The SMILES string of the molecule is CC.CC(C)(C)c1ccc(-c2c3ccccc3c(-c3ccc4c(c3)sc3cc(-c5cccc6ccccc56)ccc34)c3ccccc23)cc1. The van der Waals surface area contributed by atoms with Gasteiger partial charge in [-0.3, -0.25) is 0 Å². The summed E-state index contributed by atoms with van der Waals surface area (Å²) in [6.45, 7) is 10.8. The van der Waals surface area contributed by atoms with Crippen molar-refractivity contribution in [2.45, 2.75) is 40.0 Å². The maximum Gasteiger partial charge on any atom is 0.0361 e. The Hall–Kier alpha value is -5.24. The second-order valence-electron chi connectivity index (χ2n) is 13.7. The lowest BCUT2D eigenvalue weighted by molar-refractivity contribution is 0.590. The van der Waals surface area contributed by atoms with E-state index in [0.717, 1.165) is 0 Å². The fraction of sp³-hybridized carbons (Fsp3) is 0.125. The predicted molar refractivity (Wildman–Crippen MR) is 218 cm³/mol. The van der Waals surface area contributed by atoms with E-state index >= 15 is 0 Å². The molecule has 0 aliphatic carbocycles. The molecule has 9 rings (SSSR count). The molecule has 1 heterocycles. The topological polar surface area (TPSA) is 0 Å². The molecule has 0 nitrogen and oxygen atoms in total. The minimum atomic E-state index is 0.120. The van der Waals surface area contributed by atoms with E-state index in [2.05, 4.69) is 172 Å². The summed E-state index contributed by atoms with van der Waals surface area (Å²) in [5.41, 5.74) is 9.17. The quantitative estimate of drug-likeness (QED) is 0.167. The van der Waals surface area contributed by atoms with Gasteiger partial charge in [-0.1, -0.05) is 174 Å². The van der Waals surface area contributed by atoms with E-state index in [1.165, 1.54) is 91.4 Å². The number of benzene rings is 8. The third kappa shape index (κ3) is 5.30. The van der Waals surface area contributed by atoms with Gasteiger partial charge in [-0.25, -0.2) is 0 Å². The average Bonchev–Trinajstić information content (AvgIpc) is 3.51. The second-order valence-corrected chi connectivity index (χ2v) is 14.8. The van der Waals surface area contributed by atoms with Crippen molar-refractivity contribution in [3.8, 4) is 33.4 Å². The summed E-state index contributed by atoms with van der Waals surface area (Å²) in [7, 11) is 0. The standard InChI is InChI=1S/C46H34S.C2H6/c1-46(2,3)33-23-19-30(20-24-33)44-38-14-6-8-16-40(38)45(41-17-9-7-15-39(41)44)32-22-26-37-36-25-21-31(27-42(36)47-43(37)28-32)35-18-10-12-29-11-4-5-13-34(29)35;1-2/h4-28H,1-3H3;1-2H3. The van der Waals surface area contributed by atoms with Gasteiger partial charge in [0, 0.05) is 20.2 Å². The molecule has 0 aliphatic rings. The maximum atomic E-state index is 2.42. The van der Waals surface area contributed by atoms with E-state index in [4.69, 9.17) is 0 Å². The lowest BCUT2D eigenvalue weighted by Crippen LogP contribution is -2.10. The van der Waals surface area contributed by atoms with E-state index < -0.39 is 0 Å². The molecule has 49 heavy (non-hydrogen) atoms. The van der Waals surface area contributed by atoms with Crippen molar-refractivity contribution >= 4 is 63.8 Å². The zero-order chi connectivity index (χ0) is 33.7. The van der Waals surface area contributed by atoms with Crippen LogP contribution in [-0.2, 0) is 5.41 Å². The summed E-state index contributed by atoms with van der Waals surface area (Å²) in [5, 5.41) is 10.4. The molecular weight excluding hydrogens is 609 g/mol. The molecule has 0 atom stereocenters. The van der Waals surface area contributed by atoms with Crippen LogP contribution in [-0.4, -0.2) is 0 Å². The van der Waals surface area contributed by atoms with Crippen molar-refractivity contribution in [1.29, 1.82) is 0 Å². The van der Waals surface area contributed by atoms with E-state index in [9.17, 15) is 0 Å². The van der Waals surface area contributed by atoms with Crippen LogP contribution < -0.4 is 0 Å². The highest BCUT2D eigenvalue weighted by molar-refractivity contribution is 7.25. The Balaban J connectivity index is 0.00000171.